The lowest BCUT2D eigenvalue weighted by Gasteiger charge is -2.30. The molecule has 0 heterocycles. The fourth-order valence-electron chi connectivity index (χ4n) is 2.85. The minimum absolute atomic E-state index is 0.356. The second kappa shape index (κ2) is 7.62. The Morgan fingerprint density at radius 2 is 1.64 bits per heavy atom. The van der Waals surface area contributed by atoms with Crippen molar-refractivity contribution in [2.24, 2.45) is 11.8 Å². The van der Waals surface area contributed by atoms with Crippen molar-refractivity contribution in [1.29, 1.82) is 0 Å². The van der Waals surface area contributed by atoms with E-state index in [1.165, 1.54) is 11.9 Å². The summed E-state index contributed by atoms with van der Waals surface area (Å²) in [5, 5.41) is 12.1. The molecule has 0 bridgehead atoms. The Morgan fingerprint density at radius 1 is 1.12 bits per heavy atom. The number of amides is 2. The van der Waals surface area contributed by atoms with Crippen molar-refractivity contribution >= 4 is 18.0 Å². The number of carboxylic acids is 1. The van der Waals surface area contributed by atoms with Gasteiger partial charge in [0.25, 0.3) is 0 Å². The summed E-state index contributed by atoms with van der Waals surface area (Å²) < 4.78 is 5.25. The summed E-state index contributed by atoms with van der Waals surface area (Å²) in [5.74, 6) is -0.558. The van der Waals surface area contributed by atoms with E-state index in [4.69, 9.17) is 4.74 Å². The van der Waals surface area contributed by atoms with Gasteiger partial charge in [0.05, 0.1) is 0 Å². The largest absolute Gasteiger partial charge is 0.480 e. The van der Waals surface area contributed by atoms with Crippen molar-refractivity contribution in [2.45, 2.75) is 77.0 Å². The van der Waals surface area contributed by atoms with E-state index in [0.717, 1.165) is 25.7 Å². The van der Waals surface area contributed by atoms with Crippen molar-refractivity contribution in [2.75, 3.05) is 7.05 Å². The number of ether oxygens (including phenoxy) is 1. The van der Waals surface area contributed by atoms with E-state index < -0.39 is 29.7 Å². The Kier molecular flexibility index (Phi) is 5.95. The van der Waals surface area contributed by atoms with Gasteiger partial charge in [0, 0.05) is 7.05 Å². The lowest BCUT2D eigenvalue weighted by Crippen LogP contribution is -2.53. The molecule has 2 amide bonds. The van der Waals surface area contributed by atoms with Gasteiger partial charge in [0.1, 0.15) is 17.7 Å². The molecule has 2 N–H and O–H groups in total. The number of hydrogen-bond acceptors (Lipinski definition) is 4. The summed E-state index contributed by atoms with van der Waals surface area (Å²) in [5.41, 5.74) is -0.654. The van der Waals surface area contributed by atoms with Crippen LogP contribution < -0.4 is 5.32 Å². The van der Waals surface area contributed by atoms with E-state index in [9.17, 15) is 19.5 Å². The molecule has 0 aromatic heterocycles. The zero-order valence-corrected chi connectivity index (χ0v) is 15.6. The first kappa shape index (κ1) is 19.5. The first-order valence-corrected chi connectivity index (χ1v) is 9.06. The van der Waals surface area contributed by atoms with Gasteiger partial charge in [0.2, 0.25) is 5.91 Å². The second-order valence-corrected chi connectivity index (χ2v) is 8.36. The zero-order chi connectivity index (χ0) is 18.8. The molecule has 7 nitrogen and oxygen atoms in total. The van der Waals surface area contributed by atoms with Gasteiger partial charge in [-0.05, 0) is 45.4 Å². The Balaban J connectivity index is 2.02. The molecule has 2 aliphatic rings. The van der Waals surface area contributed by atoms with Crippen LogP contribution in [0.2, 0.25) is 0 Å². The molecule has 2 rings (SSSR count). The third kappa shape index (κ3) is 6.55. The highest BCUT2D eigenvalue weighted by molar-refractivity contribution is 5.89. The first-order chi connectivity index (χ1) is 11.6. The Labute approximate surface area is 149 Å². The summed E-state index contributed by atoms with van der Waals surface area (Å²) >= 11 is 0. The van der Waals surface area contributed by atoms with Crippen LogP contribution in [0.15, 0.2) is 0 Å². The molecule has 2 aliphatic carbocycles. The van der Waals surface area contributed by atoms with Gasteiger partial charge in [-0.2, -0.15) is 0 Å². The van der Waals surface area contributed by atoms with Crippen LogP contribution in [0.4, 0.5) is 4.79 Å². The maximum atomic E-state index is 12.8. The summed E-state index contributed by atoms with van der Waals surface area (Å²) in [7, 11) is 1.51. The Morgan fingerprint density at radius 3 is 2.08 bits per heavy atom. The Hall–Kier alpha value is -1.79. The molecule has 2 fully saturated rings. The smallest absolute Gasteiger partial charge is 0.408 e. The van der Waals surface area contributed by atoms with Crippen LogP contribution in [-0.4, -0.2) is 52.7 Å². The molecule has 0 aliphatic heterocycles. The summed E-state index contributed by atoms with van der Waals surface area (Å²) in [6, 6.07) is -1.59. The molecule has 0 spiro atoms. The SMILES string of the molecule is CN(C(=O)[C@H](CC1CC1)NC(=O)OC(C)(C)C)[C@@H](CC1CC1)C(=O)O. The standard InChI is InChI=1S/C18H30N2O5/c1-18(2,3)25-17(24)19-13(9-11-5-6-11)15(21)20(4)14(16(22)23)10-12-7-8-12/h11-14H,5-10H2,1-4H3,(H,19,24)(H,22,23)/t13-,14-/m0/s1. The molecule has 2 saturated carbocycles. The van der Waals surface area contributed by atoms with Crippen molar-refractivity contribution in [3.63, 3.8) is 0 Å². The number of rotatable bonds is 8. The van der Waals surface area contributed by atoms with Crippen LogP contribution in [0.3, 0.4) is 0 Å². The van der Waals surface area contributed by atoms with Crippen LogP contribution in [0.1, 0.15) is 59.3 Å². The number of carboxylic acid groups (broad SMARTS) is 1. The van der Waals surface area contributed by atoms with Gasteiger partial charge in [-0.15, -0.1) is 0 Å². The number of aliphatic carboxylic acids is 1. The van der Waals surface area contributed by atoms with E-state index in [-0.39, 0.29) is 5.91 Å². The highest BCUT2D eigenvalue weighted by atomic mass is 16.6. The molecule has 142 valence electrons. The first-order valence-electron chi connectivity index (χ1n) is 9.06. The average Bonchev–Trinajstić information content (AvgIpc) is 3.34. The fourth-order valence-corrected chi connectivity index (χ4v) is 2.85. The third-order valence-corrected chi connectivity index (χ3v) is 4.61. The monoisotopic (exact) mass is 354 g/mol. The number of carbonyl (C=O) groups excluding carboxylic acids is 2. The number of likely N-dealkylation sites (N-methyl/N-ethyl adjacent to an activating group) is 1. The number of hydrogen-bond donors (Lipinski definition) is 2. The minimum atomic E-state index is -0.995. The van der Waals surface area contributed by atoms with E-state index in [2.05, 4.69) is 5.32 Å². The van der Waals surface area contributed by atoms with E-state index in [1.54, 1.807) is 20.8 Å². The topological polar surface area (TPSA) is 95.9 Å². The van der Waals surface area contributed by atoms with E-state index in [0.29, 0.717) is 24.7 Å². The van der Waals surface area contributed by atoms with Crippen LogP contribution in [-0.2, 0) is 14.3 Å². The predicted octanol–water partition coefficient (Wildman–Crippen LogP) is 2.39. The quantitative estimate of drug-likeness (QED) is 0.698. The zero-order valence-electron chi connectivity index (χ0n) is 15.6. The molecule has 25 heavy (non-hydrogen) atoms. The second-order valence-electron chi connectivity index (χ2n) is 8.36. The highest BCUT2D eigenvalue weighted by Crippen LogP contribution is 2.36. The molecule has 2 atom stereocenters. The predicted molar refractivity (Wildman–Crippen MR) is 92.0 cm³/mol. The normalized spacial score (nSPS) is 19.7. The molecule has 0 unspecified atom stereocenters. The van der Waals surface area contributed by atoms with Gasteiger partial charge in [-0.1, -0.05) is 25.7 Å². The lowest BCUT2D eigenvalue weighted by molar-refractivity contribution is -0.150. The van der Waals surface area contributed by atoms with Gasteiger partial charge in [-0.25, -0.2) is 9.59 Å². The highest BCUT2D eigenvalue weighted by Gasteiger charge is 2.38. The summed E-state index contributed by atoms with van der Waals surface area (Å²) in [4.78, 5) is 37.8. The molecule has 0 saturated heterocycles. The summed E-state index contributed by atoms with van der Waals surface area (Å²) in [6.07, 6.45) is 4.47. The number of nitrogens with zero attached hydrogens (tertiary/aromatic N) is 1. The van der Waals surface area contributed by atoms with Crippen LogP contribution in [0.5, 0.6) is 0 Å². The molecule has 0 radical (unpaired) electrons. The van der Waals surface area contributed by atoms with E-state index >= 15 is 0 Å². The van der Waals surface area contributed by atoms with Crippen LogP contribution >= 0.6 is 0 Å². The maximum Gasteiger partial charge on any atom is 0.408 e. The van der Waals surface area contributed by atoms with Gasteiger partial charge < -0.3 is 20.1 Å². The van der Waals surface area contributed by atoms with E-state index in [1.807, 2.05) is 0 Å². The molecule has 0 aromatic rings. The Bertz CT molecular complexity index is 520. The maximum absolute atomic E-state index is 12.8. The third-order valence-electron chi connectivity index (χ3n) is 4.61. The average molecular weight is 354 g/mol. The lowest BCUT2D eigenvalue weighted by atomic mass is 10.1. The molecule has 0 aromatic carbocycles. The minimum Gasteiger partial charge on any atom is -0.480 e. The van der Waals surface area contributed by atoms with Gasteiger partial charge in [0.15, 0.2) is 0 Å². The van der Waals surface area contributed by atoms with Crippen molar-refractivity contribution in [1.82, 2.24) is 10.2 Å². The molecular weight excluding hydrogens is 324 g/mol. The number of carbonyl (C=O) groups is 3. The summed E-state index contributed by atoms with van der Waals surface area (Å²) in [6.45, 7) is 5.27. The van der Waals surface area contributed by atoms with Crippen molar-refractivity contribution in [3.05, 3.63) is 0 Å². The van der Waals surface area contributed by atoms with Crippen molar-refractivity contribution in [3.8, 4) is 0 Å². The van der Waals surface area contributed by atoms with Gasteiger partial charge in [-0.3, -0.25) is 4.79 Å². The molecular formula is C18H30N2O5. The fraction of sp³-hybridized carbons (Fsp3) is 0.833. The van der Waals surface area contributed by atoms with Gasteiger partial charge >= 0.3 is 12.1 Å². The van der Waals surface area contributed by atoms with Crippen molar-refractivity contribution < 1.29 is 24.2 Å². The number of alkyl carbamates (subject to hydrolysis) is 1. The number of nitrogens with one attached hydrogen (secondary N) is 1. The molecule has 7 heteroatoms. The van der Waals surface area contributed by atoms with Crippen LogP contribution in [0, 0.1) is 11.8 Å². The van der Waals surface area contributed by atoms with Crippen LogP contribution in [0.25, 0.3) is 0 Å².